The van der Waals surface area contributed by atoms with Crippen molar-refractivity contribution in [3.05, 3.63) is 0 Å². The predicted molar refractivity (Wildman–Crippen MR) is 91.1 cm³/mol. The van der Waals surface area contributed by atoms with Gasteiger partial charge in [0, 0.05) is 12.1 Å². The molecule has 0 aliphatic rings. The highest BCUT2D eigenvalue weighted by atomic mass is 16.6. The second-order valence-electron chi connectivity index (χ2n) is 7.63. The molecule has 0 bridgehead atoms. The molecule has 1 amide bonds. The van der Waals surface area contributed by atoms with Crippen molar-refractivity contribution in [2.24, 2.45) is 17.6 Å². The Morgan fingerprint density at radius 1 is 1.08 bits per heavy atom. The standard InChI is InChI=1S/C17H32N2O5/c1-10(2)8-13(18)12(4)15(21)23-14(20)9-11(3)19-16(22)24-17(5,6)7/h10-13H,8-9,18H2,1-7H3,(H,19,22)/t11-,12?,13-/m0/s1. The molecule has 140 valence electrons. The fraction of sp³-hybridized carbons (Fsp3) is 0.824. The summed E-state index contributed by atoms with van der Waals surface area (Å²) in [5.74, 6) is -1.56. The van der Waals surface area contributed by atoms with Crippen molar-refractivity contribution < 1.29 is 23.9 Å². The SMILES string of the molecule is CC(C)C[C@H](N)C(C)C(=O)OC(=O)C[C@H](C)NC(=O)OC(C)(C)C. The maximum Gasteiger partial charge on any atom is 0.407 e. The normalized spacial score (nSPS) is 15.4. The summed E-state index contributed by atoms with van der Waals surface area (Å²) in [6.45, 7) is 12.5. The van der Waals surface area contributed by atoms with Gasteiger partial charge in [0.1, 0.15) is 5.60 Å². The Kier molecular flexibility index (Phi) is 8.96. The molecule has 0 aromatic rings. The van der Waals surface area contributed by atoms with Gasteiger partial charge in [-0.2, -0.15) is 0 Å². The monoisotopic (exact) mass is 344 g/mol. The van der Waals surface area contributed by atoms with Crippen LogP contribution in [0.5, 0.6) is 0 Å². The highest BCUT2D eigenvalue weighted by molar-refractivity contribution is 5.87. The first-order valence-electron chi connectivity index (χ1n) is 8.31. The zero-order valence-electron chi connectivity index (χ0n) is 15.8. The number of hydrogen-bond donors (Lipinski definition) is 2. The molecular formula is C17H32N2O5. The summed E-state index contributed by atoms with van der Waals surface area (Å²) in [5, 5.41) is 2.52. The molecule has 0 saturated carbocycles. The number of alkyl carbamates (subject to hydrolysis) is 1. The molecule has 3 atom stereocenters. The Balaban J connectivity index is 4.33. The van der Waals surface area contributed by atoms with E-state index < -0.39 is 35.6 Å². The number of ether oxygens (including phenoxy) is 2. The van der Waals surface area contributed by atoms with Crippen LogP contribution >= 0.6 is 0 Å². The van der Waals surface area contributed by atoms with Crippen LogP contribution in [0.1, 0.15) is 61.3 Å². The third-order valence-electron chi connectivity index (χ3n) is 3.21. The molecular weight excluding hydrogens is 312 g/mol. The molecule has 0 aliphatic heterocycles. The third-order valence-corrected chi connectivity index (χ3v) is 3.21. The van der Waals surface area contributed by atoms with Crippen LogP contribution in [0.25, 0.3) is 0 Å². The van der Waals surface area contributed by atoms with Gasteiger partial charge in [0.15, 0.2) is 0 Å². The fourth-order valence-corrected chi connectivity index (χ4v) is 1.98. The van der Waals surface area contributed by atoms with Crippen LogP contribution in [-0.2, 0) is 19.1 Å². The molecule has 7 heteroatoms. The Morgan fingerprint density at radius 2 is 1.62 bits per heavy atom. The van der Waals surface area contributed by atoms with Gasteiger partial charge in [0.05, 0.1) is 12.3 Å². The van der Waals surface area contributed by atoms with Crippen molar-refractivity contribution in [1.82, 2.24) is 5.32 Å². The number of carbonyl (C=O) groups excluding carboxylic acids is 3. The average Bonchev–Trinajstić information content (AvgIpc) is 2.33. The zero-order valence-corrected chi connectivity index (χ0v) is 15.8. The van der Waals surface area contributed by atoms with Crippen LogP contribution in [0.4, 0.5) is 4.79 Å². The highest BCUT2D eigenvalue weighted by Gasteiger charge is 2.26. The molecule has 3 N–H and O–H groups in total. The van der Waals surface area contributed by atoms with Gasteiger partial charge in [0.2, 0.25) is 0 Å². The second-order valence-corrected chi connectivity index (χ2v) is 7.63. The summed E-state index contributed by atoms with van der Waals surface area (Å²) in [7, 11) is 0. The van der Waals surface area contributed by atoms with Crippen LogP contribution in [0.15, 0.2) is 0 Å². The molecule has 7 nitrogen and oxygen atoms in total. The number of carbonyl (C=O) groups is 3. The van der Waals surface area contributed by atoms with Gasteiger partial charge in [-0.3, -0.25) is 9.59 Å². The average molecular weight is 344 g/mol. The third kappa shape index (κ3) is 10.2. The molecule has 0 saturated heterocycles. The van der Waals surface area contributed by atoms with Gasteiger partial charge in [-0.05, 0) is 40.0 Å². The van der Waals surface area contributed by atoms with E-state index in [1.807, 2.05) is 13.8 Å². The van der Waals surface area contributed by atoms with Gasteiger partial charge < -0.3 is 20.5 Å². The summed E-state index contributed by atoms with van der Waals surface area (Å²) in [6, 6.07) is -0.873. The van der Waals surface area contributed by atoms with Crippen LogP contribution in [0, 0.1) is 11.8 Å². The molecule has 0 heterocycles. The number of hydrogen-bond acceptors (Lipinski definition) is 6. The minimum atomic E-state index is -0.702. The maximum atomic E-state index is 11.9. The van der Waals surface area contributed by atoms with E-state index in [-0.39, 0.29) is 12.5 Å². The number of nitrogens with two attached hydrogens (primary N) is 1. The maximum absolute atomic E-state index is 11.9. The Hall–Kier alpha value is -1.63. The number of rotatable bonds is 7. The van der Waals surface area contributed by atoms with Gasteiger partial charge in [0.25, 0.3) is 0 Å². The lowest BCUT2D eigenvalue weighted by molar-refractivity contribution is -0.163. The van der Waals surface area contributed by atoms with Gasteiger partial charge in [-0.15, -0.1) is 0 Å². The first kappa shape index (κ1) is 22.4. The quantitative estimate of drug-likeness (QED) is 0.542. The van der Waals surface area contributed by atoms with Gasteiger partial charge in [-0.25, -0.2) is 4.79 Å². The van der Waals surface area contributed by atoms with Crippen molar-refractivity contribution in [2.45, 2.75) is 79.0 Å². The van der Waals surface area contributed by atoms with Crippen molar-refractivity contribution in [1.29, 1.82) is 0 Å². The topological polar surface area (TPSA) is 108 Å². The minimum absolute atomic E-state index is 0.128. The van der Waals surface area contributed by atoms with Crippen molar-refractivity contribution in [3.63, 3.8) is 0 Å². The van der Waals surface area contributed by atoms with E-state index in [4.69, 9.17) is 15.2 Å². The predicted octanol–water partition coefficient (Wildman–Crippen LogP) is 2.37. The Morgan fingerprint density at radius 3 is 2.08 bits per heavy atom. The van der Waals surface area contributed by atoms with E-state index in [2.05, 4.69) is 5.32 Å². The Labute approximate surface area is 144 Å². The van der Waals surface area contributed by atoms with Crippen LogP contribution < -0.4 is 11.1 Å². The van der Waals surface area contributed by atoms with Crippen molar-refractivity contribution in [3.8, 4) is 0 Å². The summed E-state index contributed by atoms with van der Waals surface area (Å²) < 4.78 is 9.91. The minimum Gasteiger partial charge on any atom is -0.444 e. The summed E-state index contributed by atoms with van der Waals surface area (Å²) >= 11 is 0. The van der Waals surface area contributed by atoms with Crippen LogP contribution in [-0.4, -0.2) is 35.7 Å². The van der Waals surface area contributed by atoms with Crippen LogP contribution in [0.3, 0.4) is 0 Å². The first-order valence-corrected chi connectivity index (χ1v) is 8.31. The number of nitrogens with one attached hydrogen (secondary N) is 1. The second kappa shape index (κ2) is 9.61. The zero-order chi connectivity index (χ0) is 19.1. The smallest absolute Gasteiger partial charge is 0.407 e. The molecule has 0 rings (SSSR count). The highest BCUT2D eigenvalue weighted by Crippen LogP contribution is 2.13. The lowest BCUT2D eigenvalue weighted by Gasteiger charge is -2.22. The molecule has 0 aliphatic carbocycles. The van der Waals surface area contributed by atoms with E-state index in [0.717, 1.165) is 0 Å². The first-order chi connectivity index (χ1) is 10.8. The van der Waals surface area contributed by atoms with E-state index in [1.165, 1.54) is 0 Å². The molecule has 0 radical (unpaired) electrons. The van der Waals surface area contributed by atoms with E-state index in [1.54, 1.807) is 34.6 Å². The summed E-state index contributed by atoms with van der Waals surface area (Å²) in [4.78, 5) is 35.3. The molecule has 0 spiro atoms. The summed E-state index contributed by atoms with van der Waals surface area (Å²) in [6.07, 6.45) is -0.0838. The molecule has 1 unspecified atom stereocenters. The van der Waals surface area contributed by atoms with E-state index >= 15 is 0 Å². The fourth-order valence-electron chi connectivity index (χ4n) is 1.98. The largest absolute Gasteiger partial charge is 0.444 e. The van der Waals surface area contributed by atoms with Crippen molar-refractivity contribution >= 4 is 18.0 Å². The molecule has 0 aromatic heterocycles. The van der Waals surface area contributed by atoms with Crippen LogP contribution in [0.2, 0.25) is 0 Å². The molecule has 24 heavy (non-hydrogen) atoms. The van der Waals surface area contributed by atoms with Gasteiger partial charge >= 0.3 is 18.0 Å². The molecule has 0 fully saturated rings. The van der Waals surface area contributed by atoms with Gasteiger partial charge in [-0.1, -0.05) is 20.8 Å². The molecule has 0 aromatic carbocycles. The van der Waals surface area contributed by atoms with E-state index in [9.17, 15) is 14.4 Å². The van der Waals surface area contributed by atoms with E-state index in [0.29, 0.717) is 12.3 Å². The lowest BCUT2D eigenvalue weighted by atomic mass is 9.94. The number of amides is 1. The van der Waals surface area contributed by atoms with Crippen molar-refractivity contribution in [2.75, 3.05) is 0 Å². The lowest BCUT2D eigenvalue weighted by Crippen LogP contribution is -2.40. The summed E-state index contributed by atoms with van der Waals surface area (Å²) in [5.41, 5.74) is 5.31. The Bertz CT molecular complexity index is 443. The number of esters is 2.